The summed E-state index contributed by atoms with van der Waals surface area (Å²) in [7, 11) is 0. The molecule has 1 aliphatic heterocycles. The smallest absolute Gasteiger partial charge is 0.227 e. The fourth-order valence-corrected chi connectivity index (χ4v) is 2.06. The van der Waals surface area contributed by atoms with E-state index in [9.17, 15) is 4.79 Å². The quantitative estimate of drug-likeness (QED) is 0.833. The maximum absolute atomic E-state index is 12.1. The van der Waals surface area contributed by atoms with Crippen LogP contribution in [0.3, 0.4) is 0 Å². The largest absolute Gasteiger partial charge is 0.467 e. The van der Waals surface area contributed by atoms with Crippen molar-refractivity contribution in [2.24, 2.45) is 5.92 Å². The maximum Gasteiger partial charge on any atom is 0.227 e. The van der Waals surface area contributed by atoms with Gasteiger partial charge in [-0.2, -0.15) is 0 Å². The monoisotopic (exact) mass is 222 g/mol. The number of nitrogens with zero attached hydrogens (tertiary/aromatic N) is 1. The molecule has 2 heterocycles. The molecule has 0 spiro atoms. The molecule has 0 radical (unpaired) electrons. The Kier molecular flexibility index (Phi) is 3.62. The van der Waals surface area contributed by atoms with Crippen molar-refractivity contribution in [2.75, 3.05) is 19.6 Å². The Labute approximate surface area is 95.6 Å². The minimum Gasteiger partial charge on any atom is -0.467 e. The van der Waals surface area contributed by atoms with E-state index in [1.54, 1.807) is 6.26 Å². The van der Waals surface area contributed by atoms with Gasteiger partial charge in [-0.1, -0.05) is 0 Å². The number of carbonyl (C=O) groups excluding carboxylic acids is 1. The van der Waals surface area contributed by atoms with E-state index < -0.39 is 0 Å². The van der Waals surface area contributed by atoms with Crippen LogP contribution in [0.15, 0.2) is 22.8 Å². The van der Waals surface area contributed by atoms with E-state index in [2.05, 4.69) is 5.32 Å². The van der Waals surface area contributed by atoms with Crippen molar-refractivity contribution in [2.45, 2.75) is 19.9 Å². The minimum absolute atomic E-state index is 0.148. The number of rotatable bonds is 4. The SMILES string of the molecule is CCN(Cc1ccco1)C(=O)C1CCNC1. The van der Waals surface area contributed by atoms with Crippen molar-refractivity contribution in [1.82, 2.24) is 10.2 Å². The number of furan rings is 1. The Hall–Kier alpha value is -1.29. The van der Waals surface area contributed by atoms with Crippen LogP contribution in [0, 0.1) is 5.92 Å². The molecule has 1 amide bonds. The van der Waals surface area contributed by atoms with Gasteiger partial charge in [0.05, 0.1) is 18.7 Å². The van der Waals surface area contributed by atoms with Crippen LogP contribution in [-0.4, -0.2) is 30.4 Å². The number of hydrogen-bond acceptors (Lipinski definition) is 3. The summed E-state index contributed by atoms with van der Waals surface area (Å²) in [5.74, 6) is 1.24. The van der Waals surface area contributed by atoms with Crippen molar-refractivity contribution < 1.29 is 9.21 Å². The first-order valence-corrected chi connectivity index (χ1v) is 5.83. The number of amides is 1. The summed E-state index contributed by atoms with van der Waals surface area (Å²) < 4.78 is 5.27. The summed E-state index contributed by atoms with van der Waals surface area (Å²) in [4.78, 5) is 14.0. The van der Waals surface area contributed by atoms with Gasteiger partial charge in [0.25, 0.3) is 0 Å². The molecule has 1 unspecified atom stereocenters. The van der Waals surface area contributed by atoms with E-state index in [1.165, 1.54) is 0 Å². The highest BCUT2D eigenvalue weighted by atomic mass is 16.3. The van der Waals surface area contributed by atoms with E-state index >= 15 is 0 Å². The van der Waals surface area contributed by atoms with Crippen LogP contribution in [0.1, 0.15) is 19.1 Å². The number of hydrogen-bond donors (Lipinski definition) is 1. The average Bonchev–Trinajstić information content (AvgIpc) is 2.97. The lowest BCUT2D eigenvalue weighted by Gasteiger charge is -2.22. The normalized spacial score (nSPS) is 19.9. The molecule has 16 heavy (non-hydrogen) atoms. The molecule has 4 heteroatoms. The Morgan fingerprint density at radius 1 is 1.69 bits per heavy atom. The molecule has 2 rings (SSSR count). The van der Waals surface area contributed by atoms with E-state index in [0.717, 1.165) is 31.8 Å². The lowest BCUT2D eigenvalue weighted by atomic mass is 10.1. The van der Waals surface area contributed by atoms with E-state index in [-0.39, 0.29) is 11.8 Å². The number of nitrogens with one attached hydrogen (secondary N) is 1. The maximum atomic E-state index is 12.1. The fraction of sp³-hybridized carbons (Fsp3) is 0.583. The second-order valence-corrected chi connectivity index (χ2v) is 4.12. The van der Waals surface area contributed by atoms with E-state index in [1.807, 2.05) is 24.0 Å². The van der Waals surface area contributed by atoms with E-state index in [0.29, 0.717) is 6.54 Å². The topological polar surface area (TPSA) is 45.5 Å². The van der Waals surface area contributed by atoms with Crippen molar-refractivity contribution in [3.63, 3.8) is 0 Å². The predicted molar refractivity (Wildman–Crippen MR) is 60.8 cm³/mol. The Morgan fingerprint density at radius 2 is 2.56 bits per heavy atom. The zero-order valence-electron chi connectivity index (χ0n) is 9.61. The minimum atomic E-state index is 0.148. The molecule has 0 aromatic carbocycles. The van der Waals surface area contributed by atoms with Crippen molar-refractivity contribution in [3.8, 4) is 0 Å². The van der Waals surface area contributed by atoms with Crippen LogP contribution in [-0.2, 0) is 11.3 Å². The molecule has 0 bridgehead atoms. The van der Waals surface area contributed by atoms with Gasteiger partial charge in [-0.3, -0.25) is 4.79 Å². The zero-order chi connectivity index (χ0) is 11.4. The zero-order valence-corrected chi connectivity index (χ0v) is 9.61. The Bertz CT molecular complexity index is 329. The first-order valence-electron chi connectivity index (χ1n) is 5.83. The summed E-state index contributed by atoms with van der Waals surface area (Å²) in [5, 5.41) is 3.22. The lowest BCUT2D eigenvalue weighted by Crippen LogP contribution is -2.36. The second kappa shape index (κ2) is 5.16. The molecule has 1 aliphatic rings. The molecule has 1 fully saturated rings. The standard InChI is InChI=1S/C12H18N2O2/c1-2-14(9-11-4-3-7-16-11)12(15)10-5-6-13-8-10/h3-4,7,10,13H,2,5-6,8-9H2,1H3. The molecule has 1 aromatic rings. The first-order chi connectivity index (χ1) is 7.81. The summed E-state index contributed by atoms with van der Waals surface area (Å²) in [6.07, 6.45) is 2.60. The third-order valence-electron chi connectivity index (χ3n) is 3.03. The van der Waals surface area contributed by atoms with Gasteiger partial charge in [0, 0.05) is 13.1 Å². The molecular formula is C12H18N2O2. The van der Waals surface area contributed by atoms with Gasteiger partial charge in [-0.05, 0) is 32.0 Å². The van der Waals surface area contributed by atoms with Crippen LogP contribution < -0.4 is 5.32 Å². The highest BCUT2D eigenvalue weighted by Gasteiger charge is 2.26. The van der Waals surface area contributed by atoms with Gasteiger partial charge in [0.1, 0.15) is 5.76 Å². The molecule has 1 N–H and O–H groups in total. The summed E-state index contributed by atoms with van der Waals surface area (Å²) in [6, 6.07) is 3.76. The van der Waals surface area contributed by atoms with Crippen LogP contribution in [0.2, 0.25) is 0 Å². The van der Waals surface area contributed by atoms with Gasteiger partial charge in [0.15, 0.2) is 0 Å². The highest BCUT2D eigenvalue weighted by molar-refractivity contribution is 5.79. The molecule has 1 saturated heterocycles. The molecular weight excluding hydrogens is 204 g/mol. The van der Waals surface area contributed by atoms with Crippen LogP contribution in [0.5, 0.6) is 0 Å². The molecule has 1 aromatic heterocycles. The van der Waals surface area contributed by atoms with Crippen LogP contribution in [0.4, 0.5) is 0 Å². The van der Waals surface area contributed by atoms with Gasteiger partial charge in [-0.15, -0.1) is 0 Å². The van der Waals surface area contributed by atoms with Gasteiger partial charge in [0.2, 0.25) is 5.91 Å². The third-order valence-corrected chi connectivity index (χ3v) is 3.03. The van der Waals surface area contributed by atoms with Crippen LogP contribution in [0.25, 0.3) is 0 Å². The highest BCUT2D eigenvalue weighted by Crippen LogP contribution is 2.14. The predicted octanol–water partition coefficient (Wildman–Crippen LogP) is 1.24. The fourth-order valence-electron chi connectivity index (χ4n) is 2.06. The second-order valence-electron chi connectivity index (χ2n) is 4.12. The average molecular weight is 222 g/mol. The molecule has 4 nitrogen and oxygen atoms in total. The molecule has 88 valence electrons. The number of carbonyl (C=O) groups is 1. The van der Waals surface area contributed by atoms with Crippen molar-refractivity contribution in [3.05, 3.63) is 24.2 Å². The summed E-state index contributed by atoms with van der Waals surface area (Å²) in [6.45, 7) is 5.08. The first kappa shape index (κ1) is 11.2. The van der Waals surface area contributed by atoms with Gasteiger partial charge < -0.3 is 14.6 Å². The van der Waals surface area contributed by atoms with Gasteiger partial charge in [-0.25, -0.2) is 0 Å². The van der Waals surface area contributed by atoms with E-state index in [4.69, 9.17) is 4.42 Å². The van der Waals surface area contributed by atoms with Crippen molar-refractivity contribution >= 4 is 5.91 Å². The Morgan fingerprint density at radius 3 is 3.12 bits per heavy atom. The van der Waals surface area contributed by atoms with Gasteiger partial charge >= 0.3 is 0 Å². The van der Waals surface area contributed by atoms with Crippen LogP contribution >= 0.6 is 0 Å². The Balaban J connectivity index is 1.96. The third kappa shape index (κ3) is 2.44. The summed E-state index contributed by atoms with van der Waals surface area (Å²) in [5.41, 5.74) is 0. The summed E-state index contributed by atoms with van der Waals surface area (Å²) >= 11 is 0. The lowest BCUT2D eigenvalue weighted by molar-refractivity contribution is -0.135. The molecule has 0 saturated carbocycles. The molecule has 1 atom stereocenters. The molecule has 0 aliphatic carbocycles. The van der Waals surface area contributed by atoms with Crippen molar-refractivity contribution in [1.29, 1.82) is 0 Å².